The van der Waals surface area contributed by atoms with Crippen molar-refractivity contribution in [2.75, 3.05) is 14.1 Å². The summed E-state index contributed by atoms with van der Waals surface area (Å²) in [7, 11) is 3.49. The van der Waals surface area contributed by atoms with Crippen LogP contribution in [-0.4, -0.2) is 50.4 Å². The van der Waals surface area contributed by atoms with Gasteiger partial charge in [-0.3, -0.25) is 4.79 Å². The van der Waals surface area contributed by atoms with Gasteiger partial charge in [-0.2, -0.15) is 4.68 Å². The second-order valence-corrected chi connectivity index (χ2v) is 6.41. The van der Waals surface area contributed by atoms with E-state index >= 15 is 0 Å². The van der Waals surface area contributed by atoms with E-state index in [0.717, 1.165) is 16.8 Å². The molecule has 7 heteroatoms. The Bertz CT molecular complexity index is 632. The van der Waals surface area contributed by atoms with E-state index in [-0.39, 0.29) is 11.2 Å². The highest BCUT2D eigenvalue weighted by Gasteiger charge is 2.21. The molecule has 2 aromatic rings. The third-order valence-corrected chi connectivity index (χ3v) is 4.18. The first-order chi connectivity index (χ1) is 9.91. The summed E-state index contributed by atoms with van der Waals surface area (Å²) < 4.78 is 1.70. The molecule has 1 amide bonds. The van der Waals surface area contributed by atoms with Crippen LogP contribution >= 0.6 is 11.8 Å². The summed E-state index contributed by atoms with van der Waals surface area (Å²) in [6.45, 7) is 5.90. The number of tetrazole rings is 1. The number of nitrogens with zero attached hydrogens (tertiary/aromatic N) is 5. The van der Waals surface area contributed by atoms with Crippen LogP contribution in [-0.2, 0) is 4.79 Å². The van der Waals surface area contributed by atoms with Crippen molar-refractivity contribution < 1.29 is 4.79 Å². The highest BCUT2D eigenvalue weighted by molar-refractivity contribution is 8.00. The minimum Gasteiger partial charge on any atom is -0.348 e. The molecular weight excluding hydrogens is 286 g/mol. The van der Waals surface area contributed by atoms with E-state index < -0.39 is 0 Å². The quantitative estimate of drug-likeness (QED) is 0.807. The summed E-state index contributed by atoms with van der Waals surface area (Å²) in [6.07, 6.45) is 0. The minimum atomic E-state index is -0.242. The number of amides is 1. The van der Waals surface area contributed by atoms with Gasteiger partial charge in [-0.05, 0) is 42.3 Å². The van der Waals surface area contributed by atoms with Gasteiger partial charge in [0.25, 0.3) is 0 Å². The SMILES string of the molecule is Cc1cccc(C)c1-n1nnnc1S[C@@H](C)C(=O)N(C)C. The van der Waals surface area contributed by atoms with E-state index in [1.54, 1.807) is 23.7 Å². The van der Waals surface area contributed by atoms with E-state index in [1.165, 1.54) is 11.8 Å². The van der Waals surface area contributed by atoms with Gasteiger partial charge in [0.1, 0.15) is 0 Å². The zero-order valence-corrected chi connectivity index (χ0v) is 13.7. The van der Waals surface area contributed by atoms with E-state index in [2.05, 4.69) is 15.5 Å². The van der Waals surface area contributed by atoms with Gasteiger partial charge >= 0.3 is 0 Å². The maximum absolute atomic E-state index is 12.0. The van der Waals surface area contributed by atoms with Crippen LogP contribution in [0.25, 0.3) is 5.69 Å². The van der Waals surface area contributed by atoms with Gasteiger partial charge < -0.3 is 4.90 Å². The van der Waals surface area contributed by atoms with Crippen molar-refractivity contribution in [2.24, 2.45) is 0 Å². The third-order valence-electron chi connectivity index (χ3n) is 3.16. The topological polar surface area (TPSA) is 63.9 Å². The second kappa shape index (κ2) is 6.26. The van der Waals surface area contributed by atoms with Crippen molar-refractivity contribution in [2.45, 2.75) is 31.2 Å². The smallest absolute Gasteiger partial charge is 0.235 e. The summed E-state index contributed by atoms with van der Waals surface area (Å²) in [4.78, 5) is 13.6. The Balaban J connectivity index is 2.34. The second-order valence-electron chi connectivity index (χ2n) is 5.11. The van der Waals surface area contributed by atoms with E-state index in [1.807, 2.05) is 39.0 Å². The number of benzene rings is 1. The van der Waals surface area contributed by atoms with Crippen LogP contribution in [0.3, 0.4) is 0 Å². The third kappa shape index (κ3) is 3.24. The number of para-hydroxylation sites is 1. The highest BCUT2D eigenvalue weighted by Crippen LogP contribution is 2.26. The Morgan fingerprint density at radius 2 is 1.90 bits per heavy atom. The van der Waals surface area contributed by atoms with Gasteiger partial charge in [-0.1, -0.05) is 30.0 Å². The Labute approximate surface area is 128 Å². The minimum absolute atomic E-state index is 0.0380. The van der Waals surface area contributed by atoms with Gasteiger partial charge in [0.15, 0.2) is 0 Å². The lowest BCUT2D eigenvalue weighted by atomic mass is 10.1. The molecule has 0 radical (unpaired) electrons. The molecule has 2 rings (SSSR count). The zero-order chi connectivity index (χ0) is 15.6. The normalized spacial score (nSPS) is 12.2. The first-order valence-corrected chi connectivity index (χ1v) is 7.52. The van der Waals surface area contributed by atoms with Crippen molar-refractivity contribution in [1.29, 1.82) is 0 Å². The molecule has 0 bridgehead atoms. The number of carbonyl (C=O) groups is 1. The number of rotatable bonds is 4. The molecule has 0 aliphatic heterocycles. The van der Waals surface area contributed by atoms with Crippen LogP contribution in [0.4, 0.5) is 0 Å². The molecule has 6 nitrogen and oxygen atoms in total. The number of thioether (sulfide) groups is 1. The monoisotopic (exact) mass is 305 g/mol. The average Bonchev–Trinajstić information content (AvgIpc) is 2.85. The average molecular weight is 305 g/mol. The fourth-order valence-electron chi connectivity index (χ4n) is 2.10. The molecule has 0 spiro atoms. The Morgan fingerprint density at radius 3 is 2.48 bits per heavy atom. The molecule has 0 aliphatic carbocycles. The summed E-state index contributed by atoms with van der Waals surface area (Å²) in [5.74, 6) is 0.0380. The first-order valence-electron chi connectivity index (χ1n) is 6.64. The van der Waals surface area contributed by atoms with Crippen LogP contribution in [0.15, 0.2) is 23.4 Å². The lowest BCUT2D eigenvalue weighted by Crippen LogP contribution is -2.29. The highest BCUT2D eigenvalue weighted by atomic mass is 32.2. The first kappa shape index (κ1) is 15.5. The lowest BCUT2D eigenvalue weighted by Gasteiger charge is -2.16. The van der Waals surface area contributed by atoms with Crippen molar-refractivity contribution in [3.05, 3.63) is 29.3 Å². The van der Waals surface area contributed by atoms with Crippen molar-refractivity contribution in [3.8, 4) is 5.69 Å². The maximum atomic E-state index is 12.0. The van der Waals surface area contributed by atoms with Gasteiger partial charge in [-0.15, -0.1) is 5.10 Å². The summed E-state index contributed by atoms with van der Waals surface area (Å²) >= 11 is 1.36. The van der Waals surface area contributed by atoms with Crippen molar-refractivity contribution in [3.63, 3.8) is 0 Å². The molecule has 1 heterocycles. The van der Waals surface area contributed by atoms with Gasteiger partial charge in [0, 0.05) is 14.1 Å². The molecule has 1 aromatic heterocycles. The Hall–Kier alpha value is -1.89. The fourth-order valence-corrected chi connectivity index (χ4v) is 3.04. The number of hydrogen-bond acceptors (Lipinski definition) is 5. The Kier molecular flexibility index (Phi) is 4.62. The fraction of sp³-hybridized carbons (Fsp3) is 0.429. The van der Waals surface area contributed by atoms with Crippen LogP contribution in [0.5, 0.6) is 0 Å². The summed E-state index contributed by atoms with van der Waals surface area (Å²) in [6, 6.07) is 6.04. The predicted octanol–water partition coefficient (Wildman–Crippen LogP) is 1.85. The molecular formula is C14H19N5OS. The zero-order valence-electron chi connectivity index (χ0n) is 12.9. The number of hydrogen-bond donors (Lipinski definition) is 0. The van der Waals surface area contributed by atoms with E-state index in [0.29, 0.717) is 5.16 Å². The molecule has 0 N–H and O–H groups in total. The summed E-state index contributed by atoms with van der Waals surface area (Å²) in [5, 5.41) is 12.3. The molecule has 0 saturated heterocycles. The summed E-state index contributed by atoms with van der Waals surface area (Å²) in [5.41, 5.74) is 3.15. The number of aromatic nitrogens is 4. The van der Waals surface area contributed by atoms with E-state index in [4.69, 9.17) is 0 Å². The lowest BCUT2D eigenvalue weighted by molar-refractivity contribution is -0.127. The molecule has 0 fully saturated rings. The number of aryl methyl sites for hydroxylation is 2. The standard InChI is InChI=1S/C14H19N5OS/c1-9-7-6-8-10(2)12(9)19-14(15-16-17-19)21-11(3)13(20)18(4)5/h6-8,11H,1-5H3/t11-/m0/s1. The molecule has 1 atom stereocenters. The van der Waals surface area contributed by atoms with Crippen LogP contribution in [0.2, 0.25) is 0 Å². The predicted molar refractivity (Wildman–Crippen MR) is 82.6 cm³/mol. The van der Waals surface area contributed by atoms with Gasteiger partial charge in [-0.25, -0.2) is 0 Å². The van der Waals surface area contributed by atoms with Gasteiger partial charge in [0.2, 0.25) is 11.1 Å². The molecule has 1 aromatic carbocycles. The van der Waals surface area contributed by atoms with E-state index in [9.17, 15) is 4.79 Å². The molecule has 0 saturated carbocycles. The molecule has 0 unspecified atom stereocenters. The molecule has 112 valence electrons. The van der Waals surface area contributed by atoms with Crippen molar-refractivity contribution in [1.82, 2.24) is 25.1 Å². The van der Waals surface area contributed by atoms with Crippen molar-refractivity contribution >= 4 is 17.7 Å². The van der Waals surface area contributed by atoms with Crippen LogP contribution < -0.4 is 0 Å². The number of carbonyl (C=O) groups excluding carboxylic acids is 1. The van der Waals surface area contributed by atoms with Gasteiger partial charge in [0.05, 0.1) is 10.9 Å². The maximum Gasteiger partial charge on any atom is 0.235 e. The largest absolute Gasteiger partial charge is 0.348 e. The Morgan fingerprint density at radius 1 is 1.29 bits per heavy atom. The van der Waals surface area contributed by atoms with Crippen LogP contribution in [0, 0.1) is 13.8 Å². The van der Waals surface area contributed by atoms with Crippen LogP contribution in [0.1, 0.15) is 18.1 Å². The molecule has 21 heavy (non-hydrogen) atoms. The molecule has 0 aliphatic rings.